The fraction of sp³-hybridized carbons (Fsp3) is 0.450. The number of nitrogens with two attached hydrogens (primary N) is 1. The Bertz CT molecular complexity index is 879. The fourth-order valence-corrected chi connectivity index (χ4v) is 3.81. The zero-order valence-electron chi connectivity index (χ0n) is 15.0. The number of aliphatic hydroxyl groups is 1. The van der Waals surface area contributed by atoms with E-state index in [4.69, 9.17) is 5.73 Å². The second-order valence-corrected chi connectivity index (χ2v) is 7.53. The number of aromatic nitrogens is 2. The van der Waals surface area contributed by atoms with E-state index in [0.717, 1.165) is 5.69 Å². The average molecular weight is 365 g/mol. The highest BCUT2D eigenvalue weighted by molar-refractivity contribution is 5.98. The van der Waals surface area contributed by atoms with Gasteiger partial charge in [-0.15, -0.1) is 0 Å². The van der Waals surface area contributed by atoms with Crippen molar-refractivity contribution < 1.29 is 9.90 Å². The van der Waals surface area contributed by atoms with Gasteiger partial charge in [-0.25, -0.2) is 0 Å². The first-order chi connectivity index (χ1) is 13.0. The summed E-state index contributed by atoms with van der Waals surface area (Å²) >= 11 is 0. The summed E-state index contributed by atoms with van der Waals surface area (Å²) in [4.78, 5) is 11.9. The van der Waals surface area contributed by atoms with Gasteiger partial charge in [-0.1, -0.05) is 12.1 Å². The molecule has 1 aromatic carbocycles. The van der Waals surface area contributed by atoms with Crippen molar-refractivity contribution in [2.24, 2.45) is 11.7 Å². The highest BCUT2D eigenvalue weighted by Gasteiger charge is 2.32. The lowest BCUT2D eigenvalue weighted by Gasteiger charge is -2.30. The number of primary amides is 1. The van der Waals surface area contributed by atoms with Gasteiger partial charge in [0.25, 0.3) is 5.91 Å². The summed E-state index contributed by atoms with van der Waals surface area (Å²) in [6.07, 6.45) is 5.31. The van der Waals surface area contributed by atoms with Crippen LogP contribution in [0.15, 0.2) is 30.5 Å². The molecule has 2 aromatic rings. The minimum Gasteiger partial charge on any atom is -0.393 e. The Kier molecular flexibility index (Phi) is 4.58. The third-order valence-corrected chi connectivity index (χ3v) is 5.51. The number of hydrogen-bond donors (Lipinski definition) is 3. The Balaban J connectivity index is 1.58. The first kappa shape index (κ1) is 17.6. The van der Waals surface area contributed by atoms with E-state index < -0.39 is 12.0 Å². The van der Waals surface area contributed by atoms with E-state index in [1.807, 2.05) is 12.1 Å². The first-order valence-corrected chi connectivity index (χ1v) is 9.38. The summed E-state index contributed by atoms with van der Waals surface area (Å²) in [5.41, 5.74) is 8.00. The normalized spacial score (nSPS) is 25.0. The van der Waals surface area contributed by atoms with Crippen LogP contribution < -0.4 is 11.1 Å². The molecular weight excluding hydrogens is 342 g/mol. The molecule has 4 rings (SSSR count). The van der Waals surface area contributed by atoms with Crippen molar-refractivity contribution in [3.8, 4) is 6.07 Å². The molecule has 0 aliphatic heterocycles. The molecule has 4 N–H and O–H groups in total. The number of anilines is 2. The maximum Gasteiger partial charge on any atom is 0.254 e. The zero-order valence-corrected chi connectivity index (χ0v) is 15.0. The monoisotopic (exact) mass is 365 g/mol. The van der Waals surface area contributed by atoms with Crippen molar-refractivity contribution >= 4 is 17.4 Å². The molecule has 2 aliphatic carbocycles. The molecule has 2 aliphatic rings. The predicted octanol–water partition coefficient (Wildman–Crippen LogP) is 2.83. The van der Waals surface area contributed by atoms with E-state index in [-0.39, 0.29) is 12.0 Å². The summed E-state index contributed by atoms with van der Waals surface area (Å²) in [5, 5.41) is 26.9. The molecule has 0 saturated heterocycles. The van der Waals surface area contributed by atoms with Crippen LogP contribution in [0.3, 0.4) is 0 Å². The smallest absolute Gasteiger partial charge is 0.254 e. The molecule has 3 unspecified atom stereocenters. The predicted molar refractivity (Wildman–Crippen MR) is 100 cm³/mol. The number of benzene rings is 1. The highest BCUT2D eigenvalue weighted by Crippen LogP contribution is 2.40. The molecule has 7 heteroatoms. The summed E-state index contributed by atoms with van der Waals surface area (Å²) in [6.45, 7) is 0. The summed E-state index contributed by atoms with van der Waals surface area (Å²) in [6, 6.07) is 10.2. The van der Waals surface area contributed by atoms with Gasteiger partial charge in [-0.05, 0) is 55.7 Å². The van der Waals surface area contributed by atoms with Crippen LogP contribution in [0.2, 0.25) is 0 Å². The molecule has 0 radical (unpaired) electrons. The number of nitrogens with zero attached hydrogens (tertiary/aromatic N) is 3. The van der Waals surface area contributed by atoms with Crippen LogP contribution in [0.25, 0.3) is 0 Å². The maximum atomic E-state index is 11.9. The molecule has 2 saturated carbocycles. The topological polar surface area (TPSA) is 117 Å². The van der Waals surface area contributed by atoms with Crippen molar-refractivity contribution in [2.75, 3.05) is 5.32 Å². The number of aliphatic hydroxyl groups excluding tert-OH is 1. The second-order valence-electron chi connectivity index (χ2n) is 7.53. The van der Waals surface area contributed by atoms with Gasteiger partial charge in [0.1, 0.15) is 5.56 Å². The van der Waals surface area contributed by atoms with Gasteiger partial charge < -0.3 is 16.2 Å². The Hall–Kier alpha value is -2.85. The molecule has 1 heterocycles. The number of rotatable bonds is 5. The molecule has 2 fully saturated rings. The van der Waals surface area contributed by atoms with Crippen LogP contribution in [0.1, 0.15) is 60.0 Å². The van der Waals surface area contributed by atoms with Crippen LogP contribution >= 0.6 is 0 Å². The van der Waals surface area contributed by atoms with Gasteiger partial charge in [0.15, 0.2) is 5.82 Å². The Morgan fingerprint density at radius 2 is 2.00 bits per heavy atom. The lowest BCUT2D eigenvalue weighted by Crippen LogP contribution is -2.29. The third-order valence-electron chi connectivity index (χ3n) is 5.51. The lowest BCUT2D eigenvalue weighted by molar-refractivity contribution is 0.0861. The summed E-state index contributed by atoms with van der Waals surface area (Å²) in [5.74, 6) is 0.163. The van der Waals surface area contributed by atoms with Gasteiger partial charge in [-0.2, -0.15) is 10.4 Å². The molecule has 3 atom stereocenters. The van der Waals surface area contributed by atoms with Crippen LogP contribution in [0.5, 0.6) is 0 Å². The SMILES string of the molecule is N#CC1CC(O)CCC1n1cc(C(N)=O)c(Nc2ccc(C3CC3)cc2)n1. The van der Waals surface area contributed by atoms with E-state index in [2.05, 4.69) is 28.6 Å². The van der Waals surface area contributed by atoms with Crippen molar-refractivity contribution in [3.05, 3.63) is 41.6 Å². The molecule has 140 valence electrons. The number of amides is 1. The van der Waals surface area contributed by atoms with Gasteiger partial charge in [0.05, 0.1) is 24.1 Å². The standard InChI is InChI=1S/C20H23N5O2/c21-10-14-9-16(26)7-8-18(14)25-11-17(19(22)27)20(24-25)23-15-5-3-13(4-6-15)12-1-2-12/h3-6,11-12,14,16,18,26H,1-2,7-9H2,(H2,22,27)(H,23,24). The second kappa shape index (κ2) is 7.05. The van der Waals surface area contributed by atoms with Crippen molar-refractivity contribution in [3.63, 3.8) is 0 Å². The van der Waals surface area contributed by atoms with Crippen molar-refractivity contribution in [2.45, 2.75) is 50.2 Å². The summed E-state index contributed by atoms with van der Waals surface area (Å²) in [7, 11) is 0. The Morgan fingerprint density at radius 1 is 1.26 bits per heavy atom. The Labute approximate surface area is 157 Å². The van der Waals surface area contributed by atoms with Crippen molar-refractivity contribution in [1.82, 2.24) is 9.78 Å². The lowest BCUT2D eigenvalue weighted by atomic mass is 9.84. The molecule has 0 spiro atoms. The van der Waals surface area contributed by atoms with Gasteiger partial charge in [0, 0.05) is 11.9 Å². The van der Waals surface area contributed by atoms with Crippen molar-refractivity contribution in [1.29, 1.82) is 5.26 Å². The minimum atomic E-state index is -0.567. The van der Waals surface area contributed by atoms with E-state index in [9.17, 15) is 15.2 Å². The largest absolute Gasteiger partial charge is 0.393 e. The fourth-order valence-electron chi connectivity index (χ4n) is 3.81. The summed E-state index contributed by atoms with van der Waals surface area (Å²) < 4.78 is 1.65. The zero-order chi connectivity index (χ0) is 19.0. The third kappa shape index (κ3) is 3.67. The van der Waals surface area contributed by atoms with Gasteiger partial charge in [0.2, 0.25) is 0 Å². The van der Waals surface area contributed by atoms with Gasteiger partial charge >= 0.3 is 0 Å². The van der Waals surface area contributed by atoms with Gasteiger partial charge in [-0.3, -0.25) is 9.48 Å². The highest BCUT2D eigenvalue weighted by atomic mass is 16.3. The minimum absolute atomic E-state index is 0.177. The van der Waals surface area contributed by atoms with E-state index >= 15 is 0 Å². The Morgan fingerprint density at radius 3 is 2.63 bits per heavy atom. The molecular formula is C20H23N5O2. The number of carbonyl (C=O) groups excluding carboxylic acids is 1. The molecule has 1 amide bonds. The van der Waals surface area contributed by atoms with E-state index in [1.54, 1.807) is 10.9 Å². The number of hydrogen-bond acceptors (Lipinski definition) is 5. The average Bonchev–Trinajstić information content (AvgIpc) is 3.42. The van der Waals surface area contributed by atoms with Crippen LogP contribution in [0, 0.1) is 17.2 Å². The van der Waals surface area contributed by atoms with E-state index in [0.29, 0.717) is 36.6 Å². The maximum absolute atomic E-state index is 11.9. The van der Waals surface area contributed by atoms with Crippen LogP contribution in [-0.2, 0) is 0 Å². The first-order valence-electron chi connectivity index (χ1n) is 9.38. The number of nitriles is 1. The molecule has 1 aromatic heterocycles. The number of nitrogens with one attached hydrogen (secondary N) is 1. The van der Waals surface area contributed by atoms with Crippen LogP contribution in [0.4, 0.5) is 11.5 Å². The number of carbonyl (C=O) groups is 1. The molecule has 7 nitrogen and oxygen atoms in total. The van der Waals surface area contributed by atoms with E-state index in [1.165, 1.54) is 18.4 Å². The quantitative estimate of drug-likeness (QED) is 0.753. The molecule has 27 heavy (non-hydrogen) atoms. The molecule has 0 bridgehead atoms. The van der Waals surface area contributed by atoms with Crippen LogP contribution in [-0.4, -0.2) is 26.9 Å².